The average molecular weight is 487 g/mol. The van der Waals surface area contributed by atoms with E-state index in [0.717, 1.165) is 12.8 Å². The average Bonchev–Trinajstić information content (AvgIpc) is 2.87. The van der Waals surface area contributed by atoms with Gasteiger partial charge in [-0.15, -0.1) is 0 Å². The van der Waals surface area contributed by atoms with E-state index in [9.17, 15) is 4.57 Å². The van der Waals surface area contributed by atoms with Crippen LogP contribution in [0, 0.1) is 0 Å². The van der Waals surface area contributed by atoms with E-state index in [-0.39, 0.29) is 0 Å². The first kappa shape index (κ1) is 28.7. The normalized spacial score (nSPS) is 13.0. The molecule has 0 aliphatic rings. The highest BCUT2D eigenvalue weighted by Gasteiger charge is 2.28. The largest absolute Gasteiger partial charge is 0.421 e. The lowest BCUT2D eigenvalue weighted by Gasteiger charge is -2.19. The van der Waals surface area contributed by atoms with Gasteiger partial charge in [0.2, 0.25) is 0 Å². The van der Waals surface area contributed by atoms with Crippen LogP contribution in [0.4, 0.5) is 0 Å². The first-order valence-corrected chi connectivity index (χ1v) is 15.3. The molecule has 2 rings (SSSR count). The molecule has 34 heavy (non-hydrogen) atoms. The van der Waals surface area contributed by atoms with Crippen molar-refractivity contribution < 1.29 is 13.6 Å². The monoisotopic (exact) mass is 486 g/mol. The summed E-state index contributed by atoms with van der Waals surface area (Å²) in [5.74, 6) is 0.571. The summed E-state index contributed by atoms with van der Waals surface area (Å²) in [5.41, 5.74) is 0. The standard InChI is InChI=1S/C30H47O3P/c1-2-3-4-5-6-7-8-9-10-11-12-13-14-15-16-23-28-32-34(31,30-26-21-18-22-27-30)33-29-24-19-17-20-25-29/h17-22,24-27H,2-16,23,28H2,1H3. The Bertz CT molecular complexity index is 763. The fourth-order valence-corrected chi connectivity index (χ4v) is 5.83. The SMILES string of the molecule is CCCCCCCCCCCCCCCCCCOP(=O)(Oc1ccccc1)c1ccccc1. The molecule has 1 atom stereocenters. The molecule has 190 valence electrons. The number of unbranched alkanes of at least 4 members (excludes halogenated alkanes) is 15. The zero-order valence-electron chi connectivity index (χ0n) is 21.5. The molecule has 0 heterocycles. The van der Waals surface area contributed by atoms with Crippen LogP contribution in [0.15, 0.2) is 60.7 Å². The van der Waals surface area contributed by atoms with Gasteiger partial charge in [0.1, 0.15) is 5.75 Å². The van der Waals surface area contributed by atoms with Crippen LogP contribution in [-0.2, 0) is 9.09 Å². The Morgan fingerprint density at radius 1 is 0.559 bits per heavy atom. The smallest absolute Gasteiger partial charge is 0.410 e. The van der Waals surface area contributed by atoms with Crippen molar-refractivity contribution in [1.82, 2.24) is 0 Å². The third kappa shape index (κ3) is 12.8. The van der Waals surface area contributed by atoms with Gasteiger partial charge >= 0.3 is 7.60 Å². The Kier molecular flexibility index (Phi) is 15.8. The molecule has 4 heteroatoms. The van der Waals surface area contributed by atoms with E-state index in [4.69, 9.17) is 9.05 Å². The quantitative estimate of drug-likeness (QED) is 0.130. The maximum atomic E-state index is 13.5. The maximum Gasteiger partial charge on any atom is 0.410 e. The second-order valence-electron chi connectivity index (χ2n) is 9.37. The van der Waals surface area contributed by atoms with Crippen molar-refractivity contribution in [2.75, 3.05) is 6.61 Å². The topological polar surface area (TPSA) is 35.5 Å². The van der Waals surface area contributed by atoms with Crippen LogP contribution >= 0.6 is 7.60 Å². The number of para-hydroxylation sites is 1. The van der Waals surface area contributed by atoms with Crippen molar-refractivity contribution >= 4 is 12.9 Å². The Labute approximate surface area is 209 Å². The Morgan fingerprint density at radius 3 is 1.44 bits per heavy atom. The molecule has 3 nitrogen and oxygen atoms in total. The van der Waals surface area contributed by atoms with Crippen LogP contribution in [0.5, 0.6) is 5.75 Å². The van der Waals surface area contributed by atoms with Gasteiger partial charge in [0.15, 0.2) is 0 Å². The minimum absolute atomic E-state index is 0.456. The van der Waals surface area contributed by atoms with Crippen LogP contribution in [0.3, 0.4) is 0 Å². The van der Waals surface area contributed by atoms with E-state index in [0.29, 0.717) is 17.7 Å². The number of benzene rings is 2. The second kappa shape index (κ2) is 18.7. The van der Waals surface area contributed by atoms with Crippen LogP contribution < -0.4 is 9.83 Å². The molecular formula is C30H47O3P. The third-order valence-corrected chi connectivity index (χ3v) is 8.20. The molecule has 0 N–H and O–H groups in total. The van der Waals surface area contributed by atoms with Crippen LogP contribution in [-0.4, -0.2) is 6.61 Å². The van der Waals surface area contributed by atoms with Crippen molar-refractivity contribution in [1.29, 1.82) is 0 Å². The van der Waals surface area contributed by atoms with Gasteiger partial charge in [-0.3, -0.25) is 4.52 Å². The lowest BCUT2D eigenvalue weighted by atomic mass is 10.0. The summed E-state index contributed by atoms with van der Waals surface area (Å²) in [7, 11) is -3.38. The minimum Gasteiger partial charge on any atom is -0.421 e. The summed E-state index contributed by atoms with van der Waals surface area (Å²) in [6, 6.07) is 18.6. The van der Waals surface area contributed by atoms with Crippen LogP contribution in [0.25, 0.3) is 0 Å². The van der Waals surface area contributed by atoms with Gasteiger partial charge < -0.3 is 4.52 Å². The molecule has 0 aromatic heterocycles. The summed E-state index contributed by atoms with van der Waals surface area (Å²) < 4.78 is 25.2. The summed E-state index contributed by atoms with van der Waals surface area (Å²) in [5, 5.41) is 0.607. The molecule has 0 bridgehead atoms. The number of hydrogen-bond acceptors (Lipinski definition) is 3. The molecule has 0 aliphatic heterocycles. The predicted molar refractivity (Wildman–Crippen MR) is 146 cm³/mol. The van der Waals surface area contributed by atoms with Gasteiger partial charge in [0, 0.05) is 0 Å². The van der Waals surface area contributed by atoms with Crippen molar-refractivity contribution in [3.05, 3.63) is 60.7 Å². The Balaban J connectivity index is 1.50. The van der Waals surface area contributed by atoms with Crippen molar-refractivity contribution in [2.45, 2.75) is 110 Å². The molecule has 0 saturated heterocycles. The van der Waals surface area contributed by atoms with E-state index in [2.05, 4.69) is 6.92 Å². The summed E-state index contributed by atoms with van der Waals surface area (Å²) >= 11 is 0. The summed E-state index contributed by atoms with van der Waals surface area (Å²) in [4.78, 5) is 0. The van der Waals surface area contributed by atoms with E-state index >= 15 is 0 Å². The highest BCUT2D eigenvalue weighted by atomic mass is 31.2. The van der Waals surface area contributed by atoms with Gasteiger partial charge in [0.25, 0.3) is 0 Å². The van der Waals surface area contributed by atoms with Crippen LogP contribution in [0.1, 0.15) is 110 Å². The fourth-order valence-electron chi connectivity index (χ4n) is 4.22. The zero-order valence-corrected chi connectivity index (χ0v) is 22.4. The van der Waals surface area contributed by atoms with Crippen LogP contribution in [0.2, 0.25) is 0 Å². The zero-order chi connectivity index (χ0) is 24.2. The minimum atomic E-state index is -3.38. The van der Waals surface area contributed by atoms with E-state index in [1.54, 1.807) is 0 Å². The lowest BCUT2D eigenvalue weighted by molar-refractivity contribution is 0.266. The Hall–Kier alpha value is -1.57. The van der Waals surface area contributed by atoms with Crippen molar-refractivity contribution in [3.8, 4) is 5.75 Å². The van der Waals surface area contributed by atoms with Gasteiger partial charge in [-0.2, -0.15) is 0 Å². The first-order valence-electron chi connectivity index (χ1n) is 13.8. The van der Waals surface area contributed by atoms with Crippen molar-refractivity contribution in [2.24, 2.45) is 0 Å². The third-order valence-electron chi connectivity index (χ3n) is 6.30. The summed E-state index contributed by atoms with van der Waals surface area (Å²) in [6.45, 7) is 2.74. The number of hydrogen-bond donors (Lipinski definition) is 0. The molecule has 2 aromatic carbocycles. The molecule has 0 amide bonds. The second-order valence-corrected chi connectivity index (χ2v) is 11.3. The molecule has 0 saturated carbocycles. The van der Waals surface area contributed by atoms with E-state index in [1.165, 1.54) is 89.9 Å². The first-order chi connectivity index (χ1) is 16.7. The molecule has 0 aliphatic carbocycles. The highest BCUT2D eigenvalue weighted by molar-refractivity contribution is 7.62. The number of rotatable bonds is 21. The summed E-state index contributed by atoms with van der Waals surface area (Å²) in [6.07, 6.45) is 21.3. The van der Waals surface area contributed by atoms with Gasteiger partial charge in [-0.1, -0.05) is 140 Å². The molecule has 0 fully saturated rings. The Morgan fingerprint density at radius 2 is 0.971 bits per heavy atom. The van der Waals surface area contributed by atoms with Gasteiger partial charge in [-0.25, -0.2) is 4.57 Å². The maximum absolute atomic E-state index is 13.5. The molecule has 0 spiro atoms. The molecule has 0 radical (unpaired) electrons. The van der Waals surface area contributed by atoms with E-state index < -0.39 is 7.60 Å². The lowest BCUT2D eigenvalue weighted by Crippen LogP contribution is -2.13. The molecule has 1 unspecified atom stereocenters. The fraction of sp³-hybridized carbons (Fsp3) is 0.600. The van der Waals surface area contributed by atoms with Gasteiger partial charge in [-0.05, 0) is 30.7 Å². The molecular weight excluding hydrogens is 439 g/mol. The van der Waals surface area contributed by atoms with Gasteiger partial charge in [0.05, 0.1) is 11.9 Å². The van der Waals surface area contributed by atoms with Crippen molar-refractivity contribution in [3.63, 3.8) is 0 Å². The predicted octanol–water partition coefficient (Wildman–Crippen LogP) is 9.86. The van der Waals surface area contributed by atoms with E-state index in [1.807, 2.05) is 60.7 Å². The highest BCUT2D eigenvalue weighted by Crippen LogP contribution is 2.47. The molecule has 2 aromatic rings.